The number of carbonyl (C=O) groups is 6. The predicted molar refractivity (Wildman–Crippen MR) is 298 cm³/mol. The van der Waals surface area contributed by atoms with E-state index < -0.39 is 52.3 Å². The Balaban J connectivity index is 0.000000215. The Hall–Kier alpha value is -9.05. The number of cyclic esters (lactones) is 2. The van der Waals surface area contributed by atoms with Gasteiger partial charge in [-0.25, -0.2) is 9.59 Å². The van der Waals surface area contributed by atoms with Crippen molar-refractivity contribution >= 4 is 69.0 Å². The lowest BCUT2D eigenvalue weighted by Gasteiger charge is -2.34. The van der Waals surface area contributed by atoms with Crippen LogP contribution < -0.4 is 20.4 Å². The van der Waals surface area contributed by atoms with Gasteiger partial charge in [-0.05, 0) is 77.7 Å². The molecule has 3 fully saturated rings. The van der Waals surface area contributed by atoms with Crippen LogP contribution in [0, 0.1) is 10.8 Å². The third kappa shape index (κ3) is 15.2. The summed E-state index contributed by atoms with van der Waals surface area (Å²) in [6.07, 6.45) is -1.35. The summed E-state index contributed by atoms with van der Waals surface area (Å²) in [5, 5.41) is 22.4. The Kier molecular flexibility index (Phi) is 19.0. The molecular formula is C59H60N8O12S. The van der Waals surface area contributed by atoms with Crippen LogP contribution in [0.1, 0.15) is 52.1 Å². The molecule has 3 aliphatic heterocycles. The van der Waals surface area contributed by atoms with Gasteiger partial charge in [0.25, 0.3) is 10.1 Å². The predicted octanol–water partition coefficient (Wildman–Crippen LogP) is 6.25. The van der Waals surface area contributed by atoms with E-state index in [0.29, 0.717) is 48.7 Å². The number of esters is 1. The molecule has 80 heavy (non-hydrogen) atoms. The summed E-state index contributed by atoms with van der Waals surface area (Å²) < 4.78 is 42.7. The van der Waals surface area contributed by atoms with E-state index in [0.717, 1.165) is 28.5 Å². The van der Waals surface area contributed by atoms with Crippen LogP contribution in [0.15, 0.2) is 170 Å². The molecule has 414 valence electrons. The number of nitrogens with zero attached hydrogens (tertiary/aromatic N) is 4. The third-order valence-electron chi connectivity index (χ3n) is 13.2. The average Bonchev–Trinajstić information content (AvgIpc) is 4.02. The van der Waals surface area contributed by atoms with E-state index in [9.17, 15) is 37.2 Å². The van der Waals surface area contributed by atoms with Gasteiger partial charge in [0.05, 0.1) is 44.3 Å². The van der Waals surface area contributed by atoms with Gasteiger partial charge in [0.15, 0.2) is 0 Å². The molecule has 0 spiro atoms. The lowest BCUT2D eigenvalue weighted by atomic mass is 9.90. The minimum atomic E-state index is -3.65. The van der Waals surface area contributed by atoms with E-state index in [4.69, 9.17) is 29.2 Å². The van der Waals surface area contributed by atoms with Crippen LogP contribution in [-0.2, 0) is 47.7 Å². The minimum absolute atomic E-state index is 0.0490. The molecule has 20 nitrogen and oxygen atoms in total. The van der Waals surface area contributed by atoms with Crippen molar-refractivity contribution in [2.24, 2.45) is 0 Å². The van der Waals surface area contributed by atoms with Crippen molar-refractivity contribution in [3.63, 3.8) is 0 Å². The number of amidine groups is 2. The zero-order valence-corrected chi connectivity index (χ0v) is 44.8. The topological polar surface area (TPSA) is 258 Å². The second-order valence-electron chi connectivity index (χ2n) is 18.9. The molecule has 3 saturated heterocycles. The Bertz CT molecular complexity index is 3210. The number of carbonyl (C=O) groups excluding carboxylic acids is 6. The van der Waals surface area contributed by atoms with E-state index in [1.807, 2.05) is 126 Å². The number of hydrogen-bond acceptors (Lipinski definition) is 15. The molecule has 0 bridgehead atoms. The van der Waals surface area contributed by atoms with Gasteiger partial charge >= 0.3 is 18.2 Å². The van der Waals surface area contributed by atoms with Crippen molar-refractivity contribution in [2.75, 3.05) is 75.1 Å². The molecule has 3 heterocycles. The highest BCUT2D eigenvalue weighted by Crippen LogP contribution is 2.28. The SMILES string of the molecule is CCOC(=O)CN1CCN(CC2CN(c3ccc(C(=N)NC(=O)C(c4ccccc4)c4ccccc4)cc3)C(=O)O2)CC1=O.CS(=O)(=O)OCC1CN(c2ccc(C(=N)NC(=O)C(c3ccccc3)c3ccccc3)cc2)C(=O)O1. The van der Waals surface area contributed by atoms with Crippen molar-refractivity contribution in [3.05, 3.63) is 203 Å². The van der Waals surface area contributed by atoms with E-state index in [-0.39, 0.29) is 62.2 Å². The molecule has 2 unspecified atom stereocenters. The molecule has 6 aromatic carbocycles. The maximum absolute atomic E-state index is 13.4. The number of rotatable bonds is 18. The first-order chi connectivity index (χ1) is 38.5. The molecule has 0 aromatic heterocycles. The standard InChI is InChI=1S/C33H35N5O6.C26H25N3O6S/c1-2-43-29(40)22-37-18-17-36(21-28(37)39)19-27-20-38(33(42)44-27)26-15-13-25(14-16-26)31(34)35-32(41)30(23-9-5-3-6-10-23)24-11-7-4-8-12-24;1-36(32,33)34-17-22-16-29(26(31)35-22)21-14-12-20(13-15-21)24(27)28-25(30)23(18-8-4-2-5-9-18)19-10-6-3-7-11-19/h3-16,27,30H,2,17-22H2,1H3,(H2,34,35,41);2-15,22-23H,16-17H2,1H3,(H2,27,28,30). The molecule has 5 amide bonds. The molecule has 3 aliphatic rings. The molecule has 6 aromatic rings. The summed E-state index contributed by atoms with van der Waals surface area (Å²) in [5.74, 6) is -2.54. The summed E-state index contributed by atoms with van der Waals surface area (Å²) >= 11 is 0. The Morgan fingerprint density at radius 1 is 0.600 bits per heavy atom. The molecular weight excluding hydrogens is 1040 g/mol. The second-order valence-corrected chi connectivity index (χ2v) is 20.6. The first kappa shape index (κ1) is 57.1. The van der Waals surface area contributed by atoms with Crippen LogP contribution in [0.25, 0.3) is 0 Å². The summed E-state index contributed by atoms with van der Waals surface area (Å²) in [5.41, 5.74) is 5.33. The average molecular weight is 1110 g/mol. The first-order valence-electron chi connectivity index (χ1n) is 25.7. The first-order valence-corrected chi connectivity index (χ1v) is 27.5. The van der Waals surface area contributed by atoms with Gasteiger partial charge in [-0.2, -0.15) is 8.42 Å². The molecule has 0 aliphatic carbocycles. The van der Waals surface area contributed by atoms with Gasteiger partial charge in [-0.1, -0.05) is 121 Å². The van der Waals surface area contributed by atoms with E-state index in [1.165, 1.54) is 14.7 Å². The zero-order chi connectivity index (χ0) is 56.8. The summed E-state index contributed by atoms with van der Waals surface area (Å²) in [7, 11) is -3.65. The van der Waals surface area contributed by atoms with Crippen molar-refractivity contribution in [1.29, 1.82) is 10.8 Å². The monoisotopic (exact) mass is 1100 g/mol. The number of piperazine rings is 1. The fourth-order valence-electron chi connectivity index (χ4n) is 9.30. The quantitative estimate of drug-likeness (QED) is 0.0244. The lowest BCUT2D eigenvalue weighted by molar-refractivity contribution is -0.151. The highest BCUT2D eigenvalue weighted by Gasteiger charge is 2.37. The molecule has 0 saturated carbocycles. The fourth-order valence-corrected chi connectivity index (χ4v) is 9.70. The van der Waals surface area contributed by atoms with Crippen LogP contribution in [0.2, 0.25) is 0 Å². The Labute approximate surface area is 463 Å². The van der Waals surface area contributed by atoms with Gasteiger partial charge in [0, 0.05) is 42.1 Å². The molecule has 9 rings (SSSR count). The summed E-state index contributed by atoms with van der Waals surface area (Å²) in [6.45, 7) is 3.55. The Morgan fingerprint density at radius 2 is 1.00 bits per heavy atom. The number of benzene rings is 6. The largest absolute Gasteiger partial charge is 0.465 e. The molecule has 4 N–H and O–H groups in total. The van der Waals surface area contributed by atoms with Gasteiger partial charge in [0.2, 0.25) is 17.7 Å². The van der Waals surface area contributed by atoms with Crippen molar-refractivity contribution in [1.82, 2.24) is 20.4 Å². The zero-order valence-electron chi connectivity index (χ0n) is 43.9. The van der Waals surface area contributed by atoms with Gasteiger partial charge in [-0.3, -0.25) is 48.9 Å². The van der Waals surface area contributed by atoms with E-state index in [1.54, 1.807) is 55.5 Å². The number of amides is 5. The second kappa shape index (κ2) is 26.5. The lowest BCUT2D eigenvalue weighted by Crippen LogP contribution is -2.53. The van der Waals surface area contributed by atoms with Gasteiger partial charge in [-0.15, -0.1) is 0 Å². The highest BCUT2D eigenvalue weighted by atomic mass is 32.2. The minimum Gasteiger partial charge on any atom is -0.465 e. The van der Waals surface area contributed by atoms with Crippen molar-refractivity contribution < 1.29 is 55.6 Å². The Morgan fingerprint density at radius 3 is 1.39 bits per heavy atom. The van der Waals surface area contributed by atoms with Crippen LogP contribution >= 0.6 is 0 Å². The van der Waals surface area contributed by atoms with Crippen LogP contribution in [0.4, 0.5) is 21.0 Å². The molecule has 2 atom stereocenters. The number of ether oxygens (including phenoxy) is 3. The van der Waals surface area contributed by atoms with Gasteiger partial charge < -0.3 is 29.7 Å². The van der Waals surface area contributed by atoms with Gasteiger partial charge in [0.1, 0.15) is 37.0 Å². The third-order valence-corrected chi connectivity index (χ3v) is 13.8. The normalized spacial score (nSPS) is 16.4. The van der Waals surface area contributed by atoms with Crippen LogP contribution in [0.3, 0.4) is 0 Å². The van der Waals surface area contributed by atoms with Crippen LogP contribution in [0.5, 0.6) is 0 Å². The maximum atomic E-state index is 13.4. The maximum Gasteiger partial charge on any atom is 0.414 e. The van der Waals surface area contributed by atoms with E-state index in [2.05, 4.69) is 10.6 Å². The number of nitrogens with one attached hydrogen (secondary N) is 4. The smallest absolute Gasteiger partial charge is 0.414 e. The van der Waals surface area contributed by atoms with Crippen molar-refractivity contribution in [2.45, 2.75) is 31.0 Å². The summed E-state index contributed by atoms with van der Waals surface area (Å²) in [6, 6.07) is 50.9. The fraction of sp³-hybridized carbons (Fsp3) is 0.254. The van der Waals surface area contributed by atoms with E-state index >= 15 is 0 Å². The number of anilines is 2. The molecule has 21 heteroatoms. The number of hydrogen-bond donors (Lipinski definition) is 4. The summed E-state index contributed by atoms with van der Waals surface area (Å²) in [4.78, 5) is 82.1. The molecule has 0 radical (unpaired) electrons. The highest BCUT2D eigenvalue weighted by molar-refractivity contribution is 7.86. The van der Waals surface area contributed by atoms with Crippen molar-refractivity contribution in [3.8, 4) is 0 Å². The van der Waals surface area contributed by atoms with Crippen LogP contribution in [-0.4, -0.2) is 143 Å².